The lowest BCUT2D eigenvalue weighted by atomic mass is 10.4. The molecule has 0 bridgehead atoms. The maximum Gasteiger partial charge on any atom is 0.508 e. The number of carbonyl (C=O) groups is 3. The SMILES string of the molecule is O=C(OCCO)OCC(COC(=O)OCCO)OC(=O)OCCO. The van der Waals surface area contributed by atoms with Crippen molar-refractivity contribution in [2.24, 2.45) is 0 Å². The summed E-state index contributed by atoms with van der Waals surface area (Å²) in [6.45, 7) is -3.18. The fourth-order valence-electron chi connectivity index (χ4n) is 1.08. The Balaban J connectivity index is 4.34. The van der Waals surface area contributed by atoms with E-state index in [0.717, 1.165) is 0 Å². The normalized spacial score (nSPS) is 10.0. The van der Waals surface area contributed by atoms with E-state index in [1.165, 1.54) is 0 Å². The fraction of sp³-hybridized carbons (Fsp3) is 0.750. The summed E-state index contributed by atoms with van der Waals surface area (Å²) in [6.07, 6.45) is -4.69. The molecule has 0 aromatic heterocycles. The molecular weight excluding hydrogens is 336 g/mol. The summed E-state index contributed by atoms with van der Waals surface area (Å²) in [5.41, 5.74) is 0. The van der Waals surface area contributed by atoms with Crippen LogP contribution in [0.25, 0.3) is 0 Å². The van der Waals surface area contributed by atoms with Gasteiger partial charge in [-0.15, -0.1) is 0 Å². The Morgan fingerprint density at radius 3 is 1.38 bits per heavy atom. The van der Waals surface area contributed by atoms with Crippen molar-refractivity contribution >= 4 is 18.5 Å². The van der Waals surface area contributed by atoms with Gasteiger partial charge < -0.3 is 43.7 Å². The van der Waals surface area contributed by atoms with E-state index in [1.807, 2.05) is 0 Å². The first-order valence-corrected chi connectivity index (χ1v) is 6.78. The Morgan fingerprint density at radius 1 is 0.625 bits per heavy atom. The van der Waals surface area contributed by atoms with Gasteiger partial charge in [0.05, 0.1) is 19.8 Å². The molecule has 0 aliphatic heterocycles. The van der Waals surface area contributed by atoms with E-state index in [4.69, 9.17) is 20.1 Å². The highest BCUT2D eigenvalue weighted by Crippen LogP contribution is 2.01. The molecule has 12 heteroatoms. The molecule has 0 aliphatic carbocycles. The summed E-state index contributed by atoms with van der Waals surface area (Å²) in [5, 5.41) is 25.5. The third-order valence-electron chi connectivity index (χ3n) is 1.97. The van der Waals surface area contributed by atoms with Gasteiger partial charge in [-0.25, -0.2) is 14.4 Å². The van der Waals surface area contributed by atoms with Crippen molar-refractivity contribution in [3.63, 3.8) is 0 Å². The quantitative estimate of drug-likeness (QED) is 0.299. The maximum absolute atomic E-state index is 11.3. The molecule has 0 saturated carbocycles. The summed E-state index contributed by atoms with van der Waals surface area (Å²) in [6, 6.07) is 0. The standard InChI is InChI=1S/C12H20O12/c13-1-4-19-10(16)22-7-9(24-12(18)21-6-3-15)8-23-11(17)20-5-2-14/h9,13-15H,1-8H2. The molecule has 3 N–H and O–H groups in total. The van der Waals surface area contributed by atoms with Gasteiger partial charge in [-0.2, -0.15) is 0 Å². The summed E-state index contributed by atoms with van der Waals surface area (Å²) >= 11 is 0. The summed E-state index contributed by atoms with van der Waals surface area (Å²) in [7, 11) is 0. The number of ether oxygens (including phenoxy) is 6. The molecular formula is C12H20O12. The molecule has 0 rings (SSSR count). The largest absolute Gasteiger partial charge is 0.508 e. The molecule has 0 unspecified atom stereocenters. The number of rotatable bonds is 11. The molecule has 0 atom stereocenters. The average molecular weight is 356 g/mol. The maximum atomic E-state index is 11.3. The molecule has 0 saturated heterocycles. The molecule has 0 heterocycles. The molecule has 140 valence electrons. The number of hydrogen-bond donors (Lipinski definition) is 3. The van der Waals surface area contributed by atoms with Crippen molar-refractivity contribution in [1.82, 2.24) is 0 Å². The second-order valence-electron chi connectivity index (χ2n) is 3.83. The zero-order valence-electron chi connectivity index (χ0n) is 12.8. The fourth-order valence-corrected chi connectivity index (χ4v) is 1.08. The highest BCUT2D eigenvalue weighted by molar-refractivity contribution is 5.61. The van der Waals surface area contributed by atoms with Crippen LogP contribution < -0.4 is 0 Å². The first-order chi connectivity index (χ1) is 11.5. The van der Waals surface area contributed by atoms with Gasteiger partial charge in [0, 0.05) is 0 Å². The van der Waals surface area contributed by atoms with Crippen molar-refractivity contribution in [2.75, 3.05) is 52.9 Å². The topological polar surface area (TPSA) is 167 Å². The van der Waals surface area contributed by atoms with E-state index in [0.29, 0.717) is 0 Å². The zero-order valence-corrected chi connectivity index (χ0v) is 12.8. The molecule has 0 aliphatic rings. The van der Waals surface area contributed by atoms with Crippen LogP contribution in [0.15, 0.2) is 0 Å². The lowest BCUT2D eigenvalue weighted by Crippen LogP contribution is -2.32. The van der Waals surface area contributed by atoms with Gasteiger partial charge >= 0.3 is 18.5 Å². The predicted molar refractivity (Wildman–Crippen MR) is 72.1 cm³/mol. The number of aliphatic hydroxyl groups excluding tert-OH is 3. The zero-order chi connectivity index (χ0) is 18.2. The van der Waals surface area contributed by atoms with Crippen molar-refractivity contribution in [1.29, 1.82) is 0 Å². The Hall–Kier alpha value is -2.31. The number of aliphatic hydroxyl groups is 3. The van der Waals surface area contributed by atoms with Crippen molar-refractivity contribution in [2.45, 2.75) is 6.10 Å². The first kappa shape index (κ1) is 21.7. The Morgan fingerprint density at radius 2 is 1.00 bits per heavy atom. The van der Waals surface area contributed by atoms with Gasteiger partial charge in [0.1, 0.15) is 33.0 Å². The van der Waals surface area contributed by atoms with Gasteiger partial charge in [-0.1, -0.05) is 0 Å². The molecule has 12 nitrogen and oxygen atoms in total. The Bertz CT molecular complexity index is 347. The molecule has 0 amide bonds. The van der Waals surface area contributed by atoms with E-state index < -0.39 is 57.6 Å². The van der Waals surface area contributed by atoms with Crippen LogP contribution in [0.2, 0.25) is 0 Å². The van der Waals surface area contributed by atoms with Crippen LogP contribution in [0.5, 0.6) is 0 Å². The second-order valence-corrected chi connectivity index (χ2v) is 3.83. The molecule has 24 heavy (non-hydrogen) atoms. The lowest BCUT2D eigenvalue weighted by molar-refractivity contribution is -0.0490. The van der Waals surface area contributed by atoms with E-state index >= 15 is 0 Å². The Labute approximate surface area is 136 Å². The minimum atomic E-state index is -1.24. The third kappa shape index (κ3) is 12.3. The highest BCUT2D eigenvalue weighted by Gasteiger charge is 2.21. The van der Waals surface area contributed by atoms with Gasteiger partial charge in [-0.05, 0) is 0 Å². The van der Waals surface area contributed by atoms with E-state index in [2.05, 4.69) is 23.7 Å². The van der Waals surface area contributed by atoms with E-state index in [1.54, 1.807) is 0 Å². The van der Waals surface area contributed by atoms with E-state index in [9.17, 15) is 14.4 Å². The third-order valence-corrected chi connectivity index (χ3v) is 1.97. The van der Waals surface area contributed by atoms with Crippen LogP contribution in [0.1, 0.15) is 0 Å². The smallest absolute Gasteiger partial charge is 0.432 e. The van der Waals surface area contributed by atoms with Gasteiger partial charge in [0.15, 0.2) is 6.10 Å². The highest BCUT2D eigenvalue weighted by atomic mass is 16.8. The second kappa shape index (κ2) is 14.3. The number of hydrogen-bond acceptors (Lipinski definition) is 12. The average Bonchev–Trinajstić information content (AvgIpc) is 2.58. The lowest BCUT2D eigenvalue weighted by Gasteiger charge is -2.17. The van der Waals surface area contributed by atoms with Crippen LogP contribution in [-0.2, 0) is 28.4 Å². The molecule has 0 aromatic rings. The minimum absolute atomic E-state index is 0.285. The van der Waals surface area contributed by atoms with Crippen molar-refractivity contribution in [3.05, 3.63) is 0 Å². The van der Waals surface area contributed by atoms with Crippen LogP contribution in [-0.4, -0.2) is 92.7 Å². The summed E-state index contributed by atoms with van der Waals surface area (Å²) < 4.78 is 27.2. The van der Waals surface area contributed by atoms with E-state index in [-0.39, 0.29) is 19.8 Å². The summed E-state index contributed by atoms with van der Waals surface area (Å²) in [5.74, 6) is 0. The van der Waals surface area contributed by atoms with Crippen LogP contribution >= 0.6 is 0 Å². The Kier molecular flexibility index (Phi) is 12.9. The first-order valence-electron chi connectivity index (χ1n) is 6.78. The summed E-state index contributed by atoms with van der Waals surface area (Å²) in [4.78, 5) is 33.5. The molecule has 0 fully saturated rings. The van der Waals surface area contributed by atoms with Crippen LogP contribution in [0.4, 0.5) is 14.4 Å². The van der Waals surface area contributed by atoms with Gasteiger partial charge in [-0.3, -0.25) is 0 Å². The molecule has 0 aromatic carbocycles. The van der Waals surface area contributed by atoms with Crippen molar-refractivity contribution < 1.29 is 58.1 Å². The van der Waals surface area contributed by atoms with Crippen molar-refractivity contribution in [3.8, 4) is 0 Å². The van der Waals surface area contributed by atoms with Crippen LogP contribution in [0.3, 0.4) is 0 Å². The van der Waals surface area contributed by atoms with Gasteiger partial charge in [0.25, 0.3) is 0 Å². The van der Waals surface area contributed by atoms with Gasteiger partial charge in [0.2, 0.25) is 0 Å². The monoisotopic (exact) mass is 356 g/mol. The molecule has 0 radical (unpaired) electrons. The predicted octanol–water partition coefficient (Wildman–Crippen LogP) is -1.21. The number of carbonyl (C=O) groups excluding carboxylic acids is 3. The minimum Gasteiger partial charge on any atom is -0.432 e. The molecule has 0 spiro atoms. The van der Waals surface area contributed by atoms with Crippen LogP contribution in [0, 0.1) is 0 Å².